The molecule has 2 aromatic heterocycles. The lowest BCUT2D eigenvalue weighted by Gasteiger charge is -2.14. The van der Waals surface area contributed by atoms with Crippen LogP contribution in [0.4, 0.5) is 5.82 Å². The van der Waals surface area contributed by atoms with Crippen molar-refractivity contribution in [1.82, 2.24) is 15.0 Å². The van der Waals surface area contributed by atoms with Crippen LogP contribution in [0.2, 0.25) is 0 Å². The van der Waals surface area contributed by atoms with E-state index in [9.17, 15) is 0 Å². The Bertz CT molecular complexity index is 1040. The van der Waals surface area contributed by atoms with Crippen molar-refractivity contribution in [3.63, 3.8) is 0 Å². The lowest BCUT2D eigenvalue weighted by molar-refractivity contribution is 1.02. The topological polar surface area (TPSA) is 50.7 Å². The molecule has 5 heteroatoms. The van der Waals surface area contributed by atoms with Gasteiger partial charge in [-0.25, -0.2) is 9.97 Å². The fourth-order valence-corrected chi connectivity index (χ4v) is 3.31. The van der Waals surface area contributed by atoms with E-state index in [0.29, 0.717) is 17.7 Å². The maximum Gasteiger partial charge on any atom is 0.138 e. The smallest absolute Gasteiger partial charge is 0.138 e. The predicted molar refractivity (Wildman–Crippen MR) is 114 cm³/mol. The quantitative estimate of drug-likeness (QED) is 0.435. The molecule has 133 valence electrons. The first-order valence-electron chi connectivity index (χ1n) is 8.74. The van der Waals surface area contributed by atoms with Gasteiger partial charge in [-0.15, -0.1) is 0 Å². The zero-order valence-electron chi connectivity index (χ0n) is 14.6. The van der Waals surface area contributed by atoms with E-state index in [2.05, 4.69) is 44.4 Å². The summed E-state index contributed by atoms with van der Waals surface area (Å²) in [6.45, 7) is 0.601. The Kier molecular flexibility index (Phi) is 5.39. The number of pyridine rings is 1. The molecular weight excluding hydrogens is 400 g/mol. The highest BCUT2D eigenvalue weighted by Gasteiger charge is 2.13. The number of benzene rings is 2. The minimum Gasteiger partial charge on any atom is -0.364 e. The number of rotatable bonds is 6. The third kappa shape index (κ3) is 3.98. The largest absolute Gasteiger partial charge is 0.364 e. The zero-order chi connectivity index (χ0) is 18.5. The van der Waals surface area contributed by atoms with Crippen molar-refractivity contribution in [3.05, 3.63) is 90.9 Å². The van der Waals surface area contributed by atoms with Crippen LogP contribution in [0, 0.1) is 6.42 Å². The van der Waals surface area contributed by atoms with Crippen molar-refractivity contribution in [2.45, 2.75) is 6.54 Å². The second-order valence-corrected chi connectivity index (χ2v) is 6.68. The molecule has 0 spiro atoms. The van der Waals surface area contributed by atoms with E-state index in [0.717, 1.165) is 33.5 Å². The number of hydrogen-bond donors (Lipinski definition) is 1. The monoisotopic (exact) mass is 417 g/mol. The molecule has 0 saturated heterocycles. The van der Waals surface area contributed by atoms with Crippen molar-refractivity contribution in [1.29, 1.82) is 0 Å². The minimum absolute atomic E-state index is 0.601. The number of nitrogens with zero attached hydrogens (tertiary/aromatic N) is 3. The van der Waals surface area contributed by atoms with Crippen molar-refractivity contribution >= 4 is 32.7 Å². The summed E-state index contributed by atoms with van der Waals surface area (Å²) in [7, 11) is 0. The summed E-state index contributed by atoms with van der Waals surface area (Å²) >= 11 is 3.44. The van der Waals surface area contributed by atoms with E-state index in [1.807, 2.05) is 55.0 Å². The lowest BCUT2D eigenvalue weighted by atomic mass is 10.0. The van der Waals surface area contributed by atoms with Gasteiger partial charge in [0.15, 0.2) is 0 Å². The van der Waals surface area contributed by atoms with Gasteiger partial charge in [0.25, 0.3) is 0 Å². The van der Waals surface area contributed by atoms with Gasteiger partial charge in [-0.2, -0.15) is 0 Å². The van der Waals surface area contributed by atoms with Gasteiger partial charge in [0.2, 0.25) is 0 Å². The fourth-order valence-electron chi connectivity index (χ4n) is 3.02. The molecule has 0 atom stereocenters. The maximum absolute atomic E-state index is 4.76. The summed E-state index contributed by atoms with van der Waals surface area (Å²) in [5.41, 5.74) is 4.14. The number of anilines is 1. The molecule has 0 aliphatic rings. The SMILES string of the molecule is BrC[CH]c1nc(NCc2ccccn2)c2c(-c3ccccc3)cccc2n1. The molecule has 1 N–H and O–H groups in total. The van der Waals surface area contributed by atoms with Crippen molar-refractivity contribution < 1.29 is 0 Å². The lowest BCUT2D eigenvalue weighted by Crippen LogP contribution is -2.07. The fraction of sp³-hybridized carbons (Fsp3) is 0.0909. The molecule has 0 aliphatic heterocycles. The second kappa shape index (κ2) is 8.27. The first-order valence-corrected chi connectivity index (χ1v) is 9.86. The molecule has 4 nitrogen and oxygen atoms in total. The Hall–Kier alpha value is -2.79. The van der Waals surface area contributed by atoms with Crippen LogP contribution in [0.5, 0.6) is 0 Å². The van der Waals surface area contributed by atoms with E-state index in [4.69, 9.17) is 9.97 Å². The van der Waals surface area contributed by atoms with Crippen molar-refractivity contribution in [3.8, 4) is 11.1 Å². The first kappa shape index (κ1) is 17.6. The van der Waals surface area contributed by atoms with Crippen LogP contribution in [0.15, 0.2) is 72.9 Å². The Morgan fingerprint density at radius 2 is 1.74 bits per heavy atom. The minimum atomic E-state index is 0.601. The number of nitrogens with one attached hydrogen (secondary N) is 1. The molecule has 1 radical (unpaired) electrons. The number of aromatic nitrogens is 3. The molecule has 4 aromatic rings. The van der Waals surface area contributed by atoms with Crippen molar-refractivity contribution in [2.75, 3.05) is 10.6 Å². The van der Waals surface area contributed by atoms with Crippen LogP contribution in [-0.4, -0.2) is 20.3 Å². The Morgan fingerprint density at radius 3 is 2.52 bits per heavy atom. The third-order valence-corrected chi connectivity index (χ3v) is 4.57. The summed E-state index contributed by atoms with van der Waals surface area (Å²) in [4.78, 5) is 13.9. The standard InChI is InChI=1S/C22H18BrN4/c23-13-12-20-26-19-11-6-10-18(16-7-2-1-3-8-16)21(19)22(27-20)25-15-17-9-4-5-14-24-17/h1-12,14H,13,15H2,(H,25,26,27). The molecule has 2 aromatic carbocycles. The number of alkyl halides is 1. The Morgan fingerprint density at radius 1 is 0.889 bits per heavy atom. The van der Waals surface area contributed by atoms with Crippen LogP contribution in [0.3, 0.4) is 0 Å². The highest BCUT2D eigenvalue weighted by atomic mass is 79.9. The van der Waals surface area contributed by atoms with Gasteiger partial charge in [0, 0.05) is 17.9 Å². The third-order valence-electron chi connectivity index (χ3n) is 4.25. The summed E-state index contributed by atoms with van der Waals surface area (Å²) in [5.74, 6) is 1.52. The van der Waals surface area contributed by atoms with Gasteiger partial charge < -0.3 is 5.32 Å². The van der Waals surface area contributed by atoms with Gasteiger partial charge >= 0.3 is 0 Å². The zero-order valence-corrected chi connectivity index (χ0v) is 16.2. The normalized spacial score (nSPS) is 10.9. The Balaban J connectivity index is 1.83. The van der Waals surface area contributed by atoms with Gasteiger partial charge in [-0.3, -0.25) is 4.98 Å². The summed E-state index contributed by atoms with van der Waals surface area (Å²) in [6.07, 6.45) is 3.76. The number of hydrogen-bond acceptors (Lipinski definition) is 4. The number of fused-ring (bicyclic) bond motifs is 1. The van der Waals surface area contributed by atoms with E-state index in [1.165, 1.54) is 0 Å². The van der Waals surface area contributed by atoms with Gasteiger partial charge in [-0.1, -0.05) is 64.5 Å². The molecule has 4 rings (SSSR count). The van der Waals surface area contributed by atoms with Crippen LogP contribution in [0.25, 0.3) is 22.0 Å². The summed E-state index contributed by atoms with van der Waals surface area (Å²) in [5, 5.41) is 5.19. The van der Waals surface area contributed by atoms with E-state index in [1.54, 1.807) is 6.20 Å². The van der Waals surface area contributed by atoms with Crippen LogP contribution in [0.1, 0.15) is 11.5 Å². The average molecular weight is 418 g/mol. The molecular formula is C22H18BrN4. The van der Waals surface area contributed by atoms with Gasteiger partial charge in [0.05, 0.1) is 23.1 Å². The Labute approximate surface area is 166 Å². The molecule has 0 amide bonds. The maximum atomic E-state index is 4.76. The molecule has 0 bridgehead atoms. The molecule has 0 aliphatic carbocycles. The summed E-state index contributed by atoms with van der Waals surface area (Å²) < 4.78 is 0. The van der Waals surface area contributed by atoms with Gasteiger partial charge in [-0.05, 0) is 29.3 Å². The highest BCUT2D eigenvalue weighted by Crippen LogP contribution is 2.32. The average Bonchev–Trinajstić information content (AvgIpc) is 2.73. The highest BCUT2D eigenvalue weighted by molar-refractivity contribution is 9.09. The van der Waals surface area contributed by atoms with Gasteiger partial charge in [0.1, 0.15) is 11.6 Å². The predicted octanol–water partition coefficient (Wildman–Crippen LogP) is 5.25. The summed E-state index contributed by atoms with van der Waals surface area (Å²) in [6, 6.07) is 22.4. The van der Waals surface area contributed by atoms with E-state index >= 15 is 0 Å². The molecule has 0 unspecified atom stereocenters. The van der Waals surface area contributed by atoms with E-state index in [-0.39, 0.29) is 0 Å². The van der Waals surface area contributed by atoms with Crippen LogP contribution >= 0.6 is 15.9 Å². The number of halogens is 1. The molecule has 0 fully saturated rings. The molecule has 2 heterocycles. The molecule has 27 heavy (non-hydrogen) atoms. The van der Waals surface area contributed by atoms with E-state index < -0.39 is 0 Å². The van der Waals surface area contributed by atoms with Crippen molar-refractivity contribution in [2.24, 2.45) is 0 Å². The first-order chi connectivity index (χ1) is 13.3. The second-order valence-electron chi connectivity index (χ2n) is 6.03. The van der Waals surface area contributed by atoms with Crippen LogP contribution in [-0.2, 0) is 6.54 Å². The van der Waals surface area contributed by atoms with Crippen LogP contribution < -0.4 is 5.32 Å². The molecule has 0 saturated carbocycles.